The van der Waals surface area contributed by atoms with Gasteiger partial charge in [0, 0.05) is 18.6 Å². The number of nitrogens with zero attached hydrogens (tertiary/aromatic N) is 1. The molecule has 1 aliphatic rings. The Hall–Kier alpha value is -0.420. The van der Waals surface area contributed by atoms with Crippen LogP contribution >= 0.6 is 11.3 Å². The summed E-state index contributed by atoms with van der Waals surface area (Å²) in [7, 11) is 0. The summed E-state index contributed by atoms with van der Waals surface area (Å²) >= 11 is 1.78. The quantitative estimate of drug-likeness (QED) is 0.829. The largest absolute Gasteiger partial charge is 0.330 e. The van der Waals surface area contributed by atoms with E-state index < -0.39 is 0 Å². The number of likely N-dealkylation sites (tertiary alicyclic amines) is 1. The molecule has 1 aliphatic heterocycles. The lowest BCUT2D eigenvalue weighted by atomic mass is 10.0. The molecule has 2 heterocycles. The third-order valence-corrected chi connectivity index (χ3v) is 4.64. The van der Waals surface area contributed by atoms with Gasteiger partial charge in [-0.2, -0.15) is 11.3 Å². The van der Waals surface area contributed by atoms with E-state index in [1.165, 1.54) is 31.5 Å². The molecule has 102 valence electrons. The molecule has 3 nitrogen and oxygen atoms in total. The van der Waals surface area contributed by atoms with E-state index in [0.717, 1.165) is 19.5 Å². The van der Waals surface area contributed by atoms with Crippen LogP contribution < -0.4 is 11.1 Å². The zero-order valence-corrected chi connectivity index (χ0v) is 12.1. The summed E-state index contributed by atoms with van der Waals surface area (Å²) in [5.41, 5.74) is 7.04. The van der Waals surface area contributed by atoms with E-state index in [1.54, 1.807) is 11.3 Å². The lowest BCUT2D eigenvalue weighted by Gasteiger charge is -2.36. The molecule has 1 saturated heterocycles. The maximum Gasteiger partial charge on any atom is 0.0216 e. The second kappa shape index (κ2) is 7.24. The Labute approximate surface area is 114 Å². The number of nitrogens with two attached hydrogens (primary N) is 1. The van der Waals surface area contributed by atoms with Crippen molar-refractivity contribution in [1.29, 1.82) is 0 Å². The summed E-state index contributed by atoms with van der Waals surface area (Å²) in [4.78, 5) is 2.58. The summed E-state index contributed by atoms with van der Waals surface area (Å²) in [5, 5.41) is 8.05. The SMILES string of the molecule is CC(CCN)N1CCC(NCc2ccsc2)CC1. The number of rotatable bonds is 6. The lowest BCUT2D eigenvalue weighted by molar-refractivity contribution is 0.147. The van der Waals surface area contributed by atoms with Gasteiger partial charge in [0.25, 0.3) is 0 Å². The molecule has 1 aromatic rings. The molecule has 4 heteroatoms. The van der Waals surface area contributed by atoms with Crippen molar-refractivity contribution in [3.63, 3.8) is 0 Å². The first-order valence-electron chi connectivity index (χ1n) is 6.98. The molecular formula is C14H25N3S. The van der Waals surface area contributed by atoms with E-state index in [4.69, 9.17) is 5.73 Å². The van der Waals surface area contributed by atoms with E-state index in [1.807, 2.05) is 0 Å². The fourth-order valence-electron chi connectivity index (χ4n) is 2.62. The summed E-state index contributed by atoms with van der Waals surface area (Å²) < 4.78 is 0. The molecule has 0 spiro atoms. The summed E-state index contributed by atoms with van der Waals surface area (Å²) in [5.74, 6) is 0. The van der Waals surface area contributed by atoms with Crippen molar-refractivity contribution >= 4 is 11.3 Å². The molecular weight excluding hydrogens is 242 g/mol. The molecule has 2 rings (SSSR count). The molecule has 3 N–H and O–H groups in total. The van der Waals surface area contributed by atoms with Crippen LogP contribution in [0.25, 0.3) is 0 Å². The van der Waals surface area contributed by atoms with E-state index in [-0.39, 0.29) is 0 Å². The molecule has 1 fully saturated rings. The average molecular weight is 267 g/mol. The zero-order chi connectivity index (χ0) is 12.8. The van der Waals surface area contributed by atoms with E-state index in [2.05, 4.69) is 34.0 Å². The van der Waals surface area contributed by atoms with Crippen molar-refractivity contribution in [2.24, 2.45) is 5.73 Å². The minimum Gasteiger partial charge on any atom is -0.330 e. The molecule has 1 atom stereocenters. The Morgan fingerprint density at radius 1 is 1.50 bits per heavy atom. The van der Waals surface area contributed by atoms with Gasteiger partial charge in [0.15, 0.2) is 0 Å². The maximum atomic E-state index is 5.63. The highest BCUT2D eigenvalue weighted by Gasteiger charge is 2.21. The number of hydrogen-bond donors (Lipinski definition) is 2. The van der Waals surface area contributed by atoms with Gasteiger partial charge in [-0.3, -0.25) is 0 Å². The van der Waals surface area contributed by atoms with Crippen molar-refractivity contribution in [1.82, 2.24) is 10.2 Å². The van der Waals surface area contributed by atoms with Gasteiger partial charge < -0.3 is 16.0 Å². The van der Waals surface area contributed by atoms with Crippen molar-refractivity contribution < 1.29 is 0 Å². The van der Waals surface area contributed by atoms with Crippen LogP contribution in [0.5, 0.6) is 0 Å². The first-order chi connectivity index (χ1) is 8.79. The molecule has 0 aliphatic carbocycles. The van der Waals surface area contributed by atoms with Crippen LogP contribution in [0.2, 0.25) is 0 Å². The van der Waals surface area contributed by atoms with E-state index >= 15 is 0 Å². The second-order valence-electron chi connectivity index (χ2n) is 5.25. The zero-order valence-electron chi connectivity index (χ0n) is 11.3. The van der Waals surface area contributed by atoms with Gasteiger partial charge in [-0.1, -0.05) is 0 Å². The van der Waals surface area contributed by atoms with Gasteiger partial charge in [-0.25, -0.2) is 0 Å². The topological polar surface area (TPSA) is 41.3 Å². The van der Waals surface area contributed by atoms with Crippen LogP contribution in [0.4, 0.5) is 0 Å². The van der Waals surface area contributed by atoms with Gasteiger partial charge in [-0.05, 0) is 68.2 Å². The normalized spacial score (nSPS) is 20.1. The highest BCUT2D eigenvalue weighted by molar-refractivity contribution is 7.07. The van der Waals surface area contributed by atoms with Crippen LogP contribution in [-0.2, 0) is 6.54 Å². The van der Waals surface area contributed by atoms with Gasteiger partial charge in [0.2, 0.25) is 0 Å². The van der Waals surface area contributed by atoms with Crippen molar-refractivity contribution in [3.8, 4) is 0 Å². The standard InChI is InChI=1S/C14H25N3S/c1-12(2-6-15)17-7-3-14(4-8-17)16-10-13-5-9-18-11-13/h5,9,11-12,14,16H,2-4,6-8,10,15H2,1H3. The Morgan fingerprint density at radius 3 is 2.89 bits per heavy atom. The molecule has 1 aromatic heterocycles. The molecule has 18 heavy (non-hydrogen) atoms. The molecule has 0 radical (unpaired) electrons. The second-order valence-corrected chi connectivity index (χ2v) is 6.03. The fourth-order valence-corrected chi connectivity index (χ4v) is 3.29. The molecule has 0 aromatic carbocycles. The highest BCUT2D eigenvalue weighted by Crippen LogP contribution is 2.15. The van der Waals surface area contributed by atoms with E-state index in [9.17, 15) is 0 Å². The van der Waals surface area contributed by atoms with Gasteiger partial charge in [-0.15, -0.1) is 0 Å². The van der Waals surface area contributed by atoms with Crippen LogP contribution in [-0.4, -0.2) is 36.6 Å². The van der Waals surface area contributed by atoms with Crippen LogP contribution in [0.15, 0.2) is 16.8 Å². The van der Waals surface area contributed by atoms with E-state index in [0.29, 0.717) is 12.1 Å². The van der Waals surface area contributed by atoms with Crippen LogP contribution in [0.3, 0.4) is 0 Å². The maximum absolute atomic E-state index is 5.63. The first kappa shape index (κ1) is 14.0. The van der Waals surface area contributed by atoms with Crippen LogP contribution in [0.1, 0.15) is 31.7 Å². The number of piperidine rings is 1. The number of nitrogens with one attached hydrogen (secondary N) is 1. The summed E-state index contributed by atoms with van der Waals surface area (Å²) in [6.45, 7) is 6.54. The van der Waals surface area contributed by atoms with Crippen molar-refractivity contribution in [2.75, 3.05) is 19.6 Å². The Morgan fingerprint density at radius 2 is 2.28 bits per heavy atom. The molecule has 1 unspecified atom stereocenters. The minimum atomic E-state index is 0.646. The molecule has 0 saturated carbocycles. The minimum absolute atomic E-state index is 0.646. The van der Waals surface area contributed by atoms with Gasteiger partial charge >= 0.3 is 0 Å². The third kappa shape index (κ3) is 4.05. The predicted molar refractivity (Wildman–Crippen MR) is 78.9 cm³/mol. The Balaban J connectivity index is 1.67. The molecule has 0 amide bonds. The Bertz CT molecular complexity index is 318. The summed E-state index contributed by atoms with van der Waals surface area (Å²) in [6.07, 6.45) is 3.64. The highest BCUT2D eigenvalue weighted by atomic mass is 32.1. The monoisotopic (exact) mass is 267 g/mol. The van der Waals surface area contributed by atoms with Gasteiger partial charge in [0.1, 0.15) is 0 Å². The van der Waals surface area contributed by atoms with Crippen LogP contribution in [0, 0.1) is 0 Å². The predicted octanol–water partition coefficient (Wildman–Crippen LogP) is 2.04. The van der Waals surface area contributed by atoms with Crippen molar-refractivity contribution in [2.45, 2.75) is 44.8 Å². The smallest absolute Gasteiger partial charge is 0.0216 e. The first-order valence-corrected chi connectivity index (χ1v) is 7.92. The number of thiophene rings is 1. The van der Waals surface area contributed by atoms with Crippen molar-refractivity contribution in [3.05, 3.63) is 22.4 Å². The summed E-state index contributed by atoms with van der Waals surface area (Å²) in [6, 6.07) is 3.54. The average Bonchev–Trinajstić information content (AvgIpc) is 2.90. The Kier molecular flexibility index (Phi) is 5.63. The van der Waals surface area contributed by atoms with Gasteiger partial charge in [0.05, 0.1) is 0 Å². The fraction of sp³-hybridized carbons (Fsp3) is 0.714. The third-order valence-electron chi connectivity index (χ3n) is 3.91. The number of hydrogen-bond acceptors (Lipinski definition) is 4. The lowest BCUT2D eigenvalue weighted by Crippen LogP contribution is -2.46. The molecule has 0 bridgehead atoms.